The van der Waals surface area contributed by atoms with Crippen LogP contribution in [0.3, 0.4) is 0 Å². The number of hydrogen-bond donors (Lipinski definition) is 0. The van der Waals surface area contributed by atoms with Gasteiger partial charge in [-0.05, 0) is 5.92 Å². The maximum atomic E-state index is 14.7. The van der Waals surface area contributed by atoms with Crippen molar-refractivity contribution in [1.82, 2.24) is 29.5 Å². The number of anilines is 2. The summed E-state index contributed by atoms with van der Waals surface area (Å²) in [5.41, 5.74) is 1.19. The monoisotopic (exact) mass is 342 g/mol. The van der Waals surface area contributed by atoms with E-state index in [0.29, 0.717) is 37.7 Å². The Balaban J connectivity index is 1.54. The first kappa shape index (κ1) is 15.7. The van der Waals surface area contributed by atoms with E-state index in [9.17, 15) is 4.39 Å². The Bertz CT molecular complexity index is 885. The van der Waals surface area contributed by atoms with Crippen LogP contribution in [0, 0.1) is 5.82 Å². The van der Waals surface area contributed by atoms with Crippen molar-refractivity contribution < 1.29 is 4.39 Å². The highest BCUT2D eigenvalue weighted by Gasteiger charge is 2.25. The molecule has 130 valence electrons. The molecule has 0 atom stereocenters. The van der Waals surface area contributed by atoms with Crippen molar-refractivity contribution in [2.45, 2.75) is 19.8 Å². The van der Waals surface area contributed by atoms with E-state index in [2.05, 4.69) is 30.0 Å². The molecule has 9 heteroatoms. The van der Waals surface area contributed by atoms with Gasteiger partial charge in [0.2, 0.25) is 5.65 Å². The number of fused-ring (bicyclic) bond motifs is 1. The van der Waals surface area contributed by atoms with Crippen molar-refractivity contribution in [2.75, 3.05) is 36.0 Å². The molecule has 0 unspecified atom stereocenters. The third-order valence-corrected chi connectivity index (χ3v) is 4.42. The van der Waals surface area contributed by atoms with Crippen molar-refractivity contribution in [3.05, 3.63) is 36.6 Å². The van der Waals surface area contributed by atoms with Gasteiger partial charge in [-0.1, -0.05) is 13.8 Å². The van der Waals surface area contributed by atoms with Crippen LogP contribution in [0.4, 0.5) is 16.0 Å². The van der Waals surface area contributed by atoms with E-state index >= 15 is 0 Å². The molecule has 1 saturated heterocycles. The van der Waals surface area contributed by atoms with Crippen LogP contribution in [0.1, 0.15) is 25.5 Å². The van der Waals surface area contributed by atoms with E-state index in [0.717, 1.165) is 11.5 Å². The van der Waals surface area contributed by atoms with Gasteiger partial charge in [0, 0.05) is 38.6 Å². The van der Waals surface area contributed by atoms with Gasteiger partial charge in [-0.25, -0.2) is 19.3 Å². The van der Waals surface area contributed by atoms with Crippen LogP contribution in [0.25, 0.3) is 5.65 Å². The van der Waals surface area contributed by atoms with Crippen LogP contribution in [-0.2, 0) is 0 Å². The lowest BCUT2D eigenvalue weighted by molar-refractivity contribution is 0.556. The fourth-order valence-corrected chi connectivity index (χ4v) is 3.10. The summed E-state index contributed by atoms with van der Waals surface area (Å²) < 4.78 is 16.5. The van der Waals surface area contributed by atoms with Crippen LogP contribution >= 0.6 is 0 Å². The minimum Gasteiger partial charge on any atom is -0.351 e. The Kier molecular flexibility index (Phi) is 3.90. The zero-order valence-electron chi connectivity index (χ0n) is 14.2. The SMILES string of the molecule is CC(C)c1ncnc(N2CCN(c3nccn4cnnc34)CC2)c1F. The van der Waals surface area contributed by atoms with Gasteiger partial charge in [0.05, 0.1) is 5.69 Å². The van der Waals surface area contributed by atoms with E-state index in [4.69, 9.17) is 0 Å². The zero-order chi connectivity index (χ0) is 17.4. The average molecular weight is 342 g/mol. The predicted octanol–water partition coefficient (Wildman–Crippen LogP) is 1.50. The molecule has 1 aliphatic heterocycles. The van der Waals surface area contributed by atoms with Gasteiger partial charge in [-0.3, -0.25) is 4.40 Å². The number of hydrogen-bond acceptors (Lipinski definition) is 7. The molecular weight excluding hydrogens is 323 g/mol. The molecule has 4 heterocycles. The maximum absolute atomic E-state index is 14.7. The lowest BCUT2D eigenvalue weighted by atomic mass is 10.1. The summed E-state index contributed by atoms with van der Waals surface area (Å²) in [6, 6.07) is 0. The number of rotatable bonds is 3. The molecule has 4 rings (SSSR count). The first-order valence-corrected chi connectivity index (χ1v) is 8.30. The molecule has 1 fully saturated rings. The first-order valence-electron chi connectivity index (χ1n) is 8.30. The van der Waals surface area contributed by atoms with E-state index in [1.54, 1.807) is 12.5 Å². The second-order valence-corrected chi connectivity index (χ2v) is 6.34. The minimum atomic E-state index is -0.316. The van der Waals surface area contributed by atoms with Gasteiger partial charge in [0.1, 0.15) is 12.7 Å². The number of piperazine rings is 1. The van der Waals surface area contributed by atoms with Crippen LogP contribution in [-0.4, -0.2) is 55.7 Å². The molecule has 0 spiro atoms. The third kappa shape index (κ3) is 2.75. The summed E-state index contributed by atoms with van der Waals surface area (Å²) in [6.45, 7) is 6.58. The molecule has 0 aliphatic carbocycles. The predicted molar refractivity (Wildman–Crippen MR) is 91.3 cm³/mol. The minimum absolute atomic E-state index is 0.0257. The summed E-state index contributed by atoms with van der Waals surface area (Å²) in [5.74, 6) is 0.888. The van der Waals surface area contributed by atoms with E-state index in [1.165, 1.54) is 6.33 Å². The van der Waals surface area contributed by atoms with Crippen LogP contribution in [0.15, 0.2) is 25.0 Å². The smallest absolute Gasteiger partial charge is 0.203 e. The van der Waals surface area contributed by atoms with Crippen LogP contribution < -0.4 is 9.80 Å². The summed E-state index contributed by atoms with van der Waals surface area (Å²) in [6.07, 6.45) is 6.65. The molecule has 3 aromatic heterocycles. The van der Waals surface area contributed by atoms with E-state index < -0.39 is 0 Å². The van der Waals surface area contributed by atoms with Crippen LogP contribution in [0.2, 0.25) is 0 Å². The standard InChI is InChI=1S/C16H19FN8/c1-11(2)13-12(17)14(20-9-19-13)23-5-7-24(8-6-23)15-16-22-21-10-25(16)4-3-18-15/h3-4,9-11H,5-8H2,1-2H3. The molecule has 0 bridgehead atoms. The molecular formula is C16H19FN8. The Morgan fingerprint density at radius 2 is 1.72 bits per heavy atom. The largest absolute Gasteiger partial charge is 0.351 e. The van der Waals surface area contributed by atoms with Crippen molar-refractivity contribution in [3.63, 3.8) is 0 Å². The average Bonchev–Trinajstić information content (AvgIpc) is 3.10. The van der Waals surface area contributed by atoms with Gasteiger partial charge < -0.3 is 9.80 Å². The molecule has 0 radical (unpaired) electrons. The number of nitrogens with zero attached hydrogens (tertiary/aromatic N) is 8. The van der Waals surface area contributed by atoms with Gasteiger partial charge in [-0.15, -0.1) is 10.2 Å². The van der Waals surface area contributed by atoms with Crippen molar-refractivity contribution >= 4 is 17.3 Å². The molecule has 3 aromatic rings. The van der Waals surface area contributed by atoms with Gasteiger partial charge in [0.15, 0.2) is 17.5 Å². The number of halogens is 1. The highest BCUT2D eigenvalue weighted by molar-refractivity contribution is 5.64. The van der Waals surface area contributed by atoms with E-state index in [1.807, 2.05) is 29.3 Å². The molecule has 8 nitrogen and oxygen atoms in total. The Morgan fingerprint density at radius 3 is 2.44 bits per heavy atom. The molecule has 0 saturated carbocycles. The van der Waals surface area contributed by atoms with Crippen molar-refractivity contribution in [1.29, 1.82) is 0 Å². The third-order valence-electron chi connectivity index (χ3n) is 4.42. The summed E-state index contributed by atoms with van der Waals surface area (Å²) in [4.78, 5) is 16.8. The lowest BCUT2D eigenvalue weighted by Gasteiger charge is -2.36. The number of aromatic nitrogens is 6. The van der Waals surface area contributed by atoms with E-state index in [-0.39, 0.29) is 11.7 Å². The maximum Gasteiger partial charge on any atom is 0.203 e. The first-order chi connectivity index (χ1) is 12.1. The highest BCUT2D eigenvalue weighted by atomic mass is 19.1. The Morgan fingerprint density at radius 1 is 1.00 bits per heavy atom. The normalized spacial score (nSPS) is 15.4. The molecule has 0 N–H and O–H groups in total. The summed E-state index contributed by atoms with van der Waals surface area (Å²) >= 11 is 0. The lowest BCUT2D eigenvalue weighted by Crippen LogP contribution is -2.47. The highest BCUT2D eigenvalue weighted by Crippen LogP contribution is 2.25. The van der Waals surface area contributed by atoms with Crippen molar-refractivity contribution in [3.8, 4) is 0 Å². The fraction of sp³-hybridized carbons (Fsp3) is 0.438. The quantitative estimate of drug-likeness (QED) is 0.714. The summed E-state index contributed by atoms with van der Waals surface area (Å²) in [5, 5.41) is 8.06. The fourth-order valence-electron chi connectivity index (χ4n) is 3.10. The Hall–Kier alpha value is -2.84. The Labute approximate surface area is 144 Å². The second-order valence-electron chi connectivity index (χ2n) is 6.34. The van der Waals surface area contributed by atoms with Gasteiger partial charge in [-0.2, -0.15) is 0 Å². The van der Waals surface area contributed by atoms with Crippen LogP contribution in [0.5, 0.6) is 0 Å². The van der Waals surface area contributed by atoms with Crippen molar-refractivity contribution in [2.24, 2.45) is 0 Å². The summed E-state index contributed by atoms with van der Waals surface area (Å²) in [7, 11) is 0. The topological polar surface area (TPSA) is 75.3 Å². The molecule has 0 amide bonds. The molecule has 0 aromatic carbocycles. The molecule has 25 heavy (non-hydrogen) atoms. The van der Waals surface area contributed by atoms with Gasteiger partial charge >= 0.3 is 0 Å². The second kappa shape index (κ2) is 6.23. The van der Waals surface area contributed by atoms with Gasteiger partial charge in [0.25, 0.3) is 0 Å². The molecule has 1 aliphatic rings. The zero-order valence-corrected chi connectivity index (χ0v) is 14.2.